The summed E-state index contributed by atoms with van der Waals surface area (Å²) in [6.07, 6.45) is 0. The molecular formula is C21H25N3O5S2. The number of hydrogen-bond acceptors (Lipinski definition) is 7. The first-order chi connectivity index (χ1) is 14.8. The van der Waals surface area contributed by atoms with Crippen LogP contribution in [0.2, 0.25) is 0 Å². The lowest BCUT2D eigenvalue weighted by Gasteiger charge is -2.20. The average Bonchev–Trinajstić information content (AvgIpc) is 3.16. The largest absolute Gasteiger partial charge is 0.495 e. The molecule has 3 rings (SSSR count). The smallest absolute Gasteiger partial charge is 0.260 e. The van der Waals surface area contributed by atoms with Crippen molar-refractivity contribution in [2.24, 2.45) is 0 Å². The number of methoxy groups -OCH3 is 2. The van der Waals surface area contributed by atoms with Crippen molar-refractivity contribution in [2.45, 2.75) is 24.8 Å². The molecule has 1 amide bonds. The predicted octanol–water partition coefficient (Wildman–Crippen LogP) is 3.28. The van der Waals surface area contributed by atoms with Gasteiger partial charge in [0.15, 0.2) is 5.13 Å². The molecule has 0 saturated carbocycles. The molecule has 1 aromatic heterocycles. The highest BCUT2D eigenvalue weighted by Crippen LogP contribution is 2.31. The van der Waals surface area contributed by atoms with Crippen LogP contribution in [0.3, 0.4) is 0 Å². The minimum absolute atomic E-state index is 0.0921. The number of carbonyl (C=O) groups is 1. The van der Waals surface area contributed by atoms with Crippen LogP contribution in [0.4, 0.5) is 5.13 Å². The molecule has 0 saturated heterocycles. The summed E-state index contributed by atoms with van der Waals surface area (Å²) in [5.41, 5.74) is 0.997. The van der Waals surface area contributed by atoms with E-state index in [1.807, 2.05) is 24.3 Å². The van der Waals surface area contributed by atoms with Crippen LogP contribution in [0.25, 0.3) is 10.2 Å². The summed E-state index contributed by atoms with van der Waals surface area (Å²) in [4.78, 5) is 19.4. The lowest BCUT2D eigenvalue weighted by atomic mass is 10.2. The molecule has 0 aliphatic rings. The van der Waals surface area contributed by atoms with Crippen LogP contribution in [-0.2, 0) is 14.8 Å². The number of nitrogens with zero attached hydrogens (tertiary/aromatic N) is 2. The highest BCUT2D eigenvalue weighted by atomic mass is 32.2. The van der Waals surface area contributed by atoms with Crippen LogP contribution >= 0.6 is 11.3 Å². The number of nitrogens with one attached hydrogen (secondary N) is 1. The Bertz CT molecular complexity index is 1140. The molecule has 0 spiro atoms. The zero-order chi connectivity index (χ0) is 22.6. The minimum atomic E-state index is -3.87. The van der Waals surface area contributed by atoms with E-state index in [1.165, 1.54) is 35.5 Å². The standard InChI is InChI=1S/C21H25N3O5S2/c1-14(2)23-31(26,27)19-13-15(9-10-17(19)29-4)20(25)24(11-12-28-3)21-22-16-7-5-6-8-18(16)30-21/h5-10,13-14,23H,11-12H2,1-4H3. The number of benzene rings is 2. The zero-order valence-corrected chi connectivity index (χ0v) is 19.4. The number of ether oxygens (including phenoxy) is 2. The average molecular weight is 464 g/mol. The molecule has 0 unspecified atom stereocenters. The van der Waals surface area contributed by atoms with Crippen molar-refractivity contribution in [3.05, 3.63) is 48.0 Å². The van der Waals surface area contributed by atoms with Gasteiger partial charge >= 0.3 is 0 Å². The van der Waals surface area contributed by atoms with Gasteiger partial charge in [-0.1, -0.05) is 23.5 Å². The van der Waals surface area contributed by atoms with E-state index in [9.17, 15) is 13.2 Å². The second-order valence-corrected chi connectivity index (χ2v) is 9.75. The summed E-state index contributed by atoms with van der Waals surface area (Å²) in [5, 5.41) is 0.517. The summed E-state index contributed by atoms with van der Waals surface area (Å²) < 4.78 is 39.4. The Balaban J connectivity index is 2.04. The Morgan fingerprint density at radius 1 is 1.19 bits per heavy atom. The Morgan fingerprint density at radius 3 is 2.58 bits per heavy atom. The van der Waals surface area contributed by atoms with Crippen molar-refractivity contribution in [3.8, 4) is 5.75 Å². The lowest BCUT2D eigenvalue weighted by Crippen LogP contribution is -2.34. The van der Waals surface area contributed by atoms with Crippen LogP contribution < -0.4 is 14.4 Å². The molecule has 1 N–H and O–H groups in total. The number of para-hydroxylation sites is 1. The maximum absolute atomic E-state index is 13.4. The number of fused-ring (bicyclic) bond motifs is 1. The number of sulfonamides is 1. The van der Waals surface area contributed by atoms with Gasteiger partial charge < -0.3 is 9.47 Å². The van der Waals surface area contributed by atoms with Crippen LogP contribution in [0.5, 0.6) is 5.75 Å². The van der Waals surface area contributed by atoms with Gasteiger partial charge in [0.2, 0.25) is 10.0 Å². The van der Waals surface area contributed by atoms with Crippen molar-refractivity contribution in [1.82, 2.24) is 9.71 Å². The second-order valence-electron chi connectivity index (χ2n) is 7.06. The molecule has 0 radical (unpaired) electrons. The third-order valence-electron chi connectivity index (χ3n) is 4.37. The summed E-state index contributed by atoms with van der Waals surface area (Å²) in [5.74, 6) is -0.215. The summed E-state index contributed by atoms with van der Waals surface area (Å²) >= 11 is 1.39. The quantitative estimate of drug-likeness (QED) is 0.523. The molecule has 0 bridgehead atoms. The molecule has 8 nitrogen and oxygen atoms in total. The van der Waals surface area contributed by atoms with E-state index in [-0.39, 0.29) is 34.7 Å². The third-order valence-corrected chi connectivity index (χ3v) is 7.11. The Kier molecular flexibility index (Phi) is 7.26. The topological polar surface area (TPSA) is 97.8 Å². The highest BCUT2D eigenvalue weighted by Gasteiger charge is 2.26. The summed E-state index contributed by atoms with van der Waals surface area (Å²) in [7, 11) is -0.931. The maximum atomic E-state index is 13.4. The number of aromatic nitrogens is 1. The van der Waals surface area contributed by atoms with Gasteiger partial charge in [-0.15, -0.1) is 0 Å². The van der Waals surface area contributed by atoms with Crippen LogP contribution in [0.15, 0.2) is 47.4 Å². The summed E-state index contributed by atoms with van der Waals surface area (Å²) in [6, 6.07) is 11.7. The molecule has 1 heterocycles. The highest BCUT2D eigenvalue weighted by molar-refractivity contribution is 7.89. The van der Waals surface area contributed by atoms with Crippen molar-refractivity contribution < 1.29 is 22.7 Å². The minimum Gasteiger partial charge on any atom is -0.495 e. The Morgan fingerprint density at radius 2 is 1.94 bits per heavy atom. The first-order valence-electron chi connectivity index (χ1n) is 9.63. The molecule has 0 fully saturated rings. The van der Waals surface area contributed by atoms with Gasteiger partial charge in [-0.2, -0.15) is 0 Å². The van der Waals surface area contributed by atoms with E-state index < -0.39 is 10.0 Å². The molecule has 166 valence electrons. The molecule has 0 aliphatic heterocycles. The van der Waals surface area contributed by atoms with E-state index in [1.54, 1.807) is 27.0 Å². The fourth-order valence-corrected chi connectivity index (χ4v) is 5.43. The number of thiazole rings is 1. The summed E-state index contributed by atoms with van der Waals surface area (Å²) in [6.45, 7) is 4.02. The lowest BCUT2D eigenvalue weighted by molar-refractivity contribution is 0.0975. The molecule has 31 heavy (non-hydrogen) atoms. The maximum Gasteiger partial charge on any atom is 0.260 e. The van der Waals surface area contributed by atoms with E-state index in [4.69, 9.17) is 9.47 Å². The fraction of sp³-hybridized carbons (Fsp3) is 0.333. The number of amides is 1. The molecule has 0 aliphatic carbocycles. The van der Waals surface area contributed by atoms with Gasteiger partial charge in [0, 0.05) is 18.7 Å². The Hall–Kier alpha value is -2.53. The van der Waals surface area contributed by atoms with Crippen LogP contribution in [0.1, 0.15) is 24.2 Å². The third kappa shape index (κ3) is 5.21. The van der Waals surface area contributed by atoms with Crippen LogP contribution in [0, 0.1) is 0 Å². The number of hydrogen-bond donors (Lipinski definition) is 1. The first-order valence-corrected chi connectivity index (χ1v) is 11.9. The van der Waals surface area contributed by atoms with E-state index in [2.05, 4.69) is 9.71 Å². The van der Waals surface area contributed by atoms with E-state index in [0.29, 0.717) is 11.7 Å². The van der Waals surface area contributed by atoms with E-state index in [0.717, 1.165) is 10.2 Å². The normalized spacial score (nSPS) is 11.8. The molecular weight excluding hydrogens is 438 g/mol. The van der Waals surface area contributed by atoms with Gasteiger partial charge in [0.05, 0.1) is 30.5 Å². The SMILES string of the molecule is COCCN(C(=O)c1ccc(OC)c(S(=O)(=O)NC(C)C)c1)c1nc2ccccc2s1. The zero-order valence-electron chi connectivity index (χ0n) is 17.8. The fourth-order valence-electron chi connectivity index (χ4n) is 2.99. The monoisotopic (exact) mass is 463 g/mol. The van der Waals surface area contributed by atoms with Crippen molar-refractivity contribution in [3.63, 3.8) is 0 Å². The first kappa shape index (κ1) is 23.1. The molecule has 3 aromatic rings. The second kappa shape index (κ2) is 9.73. The molecule has 10 heteroatoms. The van der Waals surface area contributed by atoms with Gasteiger partial charge in [-0.05, 0) is 44.2 Å². The van der Waals surface area contributed by atoms with Gasteiger partial charge in [-0.3, -0.25) is 9.69 Å². The van der Waals surface area contributed by atoms with E-state index >= 15 is 0 Å². The predicted molar refractivity (Wildman–Crippen MR) is 122 cm³/mol. The van der Waals surface area contributed by atoms with Gasteiger partial charge in [0.1, 0.15) is 10.6 Å². The van der Waals surface area contributed by atoms with Gasteiger partial charge in [-0.25, -0.2) is 18.1 Å². The van der Waals surface area contributed by atoms with Crippen molar-refractivity contribution in [1.29, 1.82) is 0 Å². The van der Waals surface area contributed by atoms with Crippen molar-refractivity contribution in [2.75, 3.05) is 32.3 Å². The van der Waals surface area contributed by atoms with Crippen molar-refractivity contribution >= 4 is 42.6 Å². The van der Waals surface area contributed by atoms with Gasteiger partial charge in [0.25, 0.3) is 5.91 Å². The molecule has 0 atom stereocenters. The Labute approximate surface area is 185 Å². The van der Waals surface area contributed by atoms with Crippen LogP contribution in [-0.4, -0.2) is 52.7 Å². The number of anilines is 1. The number of carbonyl (C=O) groups excluding carboxylic acids is 1. The molecule has 2 aromatic carbocycles. The number of rotatable bonds is 9.